The molecule has 0 N–H and O–H groups in total. The predicted molar refractivity (Wildman–Crippen MR) is 61.8 cm³/mol. The van der Waals surface area contributed by atoms with Gasteiger partial charge in [0.2, 0.25) is 0 Å². The second-order valence-electron chi connectivity index (χ2n) is 3.40. The molecule has 0 aliphatic carbocycles. The van der Waals surface area contributed by atoms with Crippen molar-refractivity contribution in [3.8, 4) is 10.6 Å². The van der Waals surface area contributed by atoms with Gasteiger partial charge >= 0.3 is 0 Å². The van der Waals surface area contributed by atoms with Crippen LogP contribution in [0.3, 0.4) is 0 Å². The molecule has 0 amide bonds. The maximum Gasteiger partial charge on any atom is 0.123 e. The van der Waals surface area contributed by atoms with E-state index in [1.54, 1.807) is 11.3 Å². The fraction of sp³-hybridized carbons (Fsp3) is 0.0909. The molecule has 0 bridgehead atoms. The number of hydrogen-bond acceptors (Lipinski definition) is 3. The van der Waals surface area contributed by atoms with Crippen molar-refractivity contribution in [3.05, 3.63) is 36.1 Å². The van der Waals surface area contributed by atoms with Gasteiger partial charge in [0.25, 0.3) is 0 Å². The summed E-state index contributed by atoms with van der Waals surface area (Å²) >= 11 is 1.65. The molecule has 0 unspecified atom stereocenters. The van der Waals surface area contributed by atoms with Crippen LogP contribution >= 0.6 is 11.3 Å². The number of imidazole rings is 1. The average molecular weight is 215 g/mol. The zero-order valence-corrected chi connectivity index (χ0v) is 9.03. The summed E-state index contributed by atoms with van der Waals surface area (Å²) in [5.74, 6) is 0. The Morgan fingerprint density at radius 2 is 2.20 bits per heavy atom. The Bertz CT molecular complexity index is 595. The second-order valence-corrected chi connectivity index (χ2v) is 4.29. The molecule has 0 aliphatic heterocycles. The molecule has 0 radical (unpaired) electrons. The van der Waals surface area contributed by atoms with E-state index in [9.17, 15) is 0 Å². The highest BCUT2D eigenvalue weighted by Crippen LogP contribution is 2.24. The van der Waals surface area contributed by atoms with Gasteiger partial charge in [-0.15, -0.1) is 11.3 Å². The summed E-state index contributed by atoms with van der Waals surface area (Å²) in [6.45, 7) is 0. The van der Waals surface area contributed by atoms with Crippen LogP contribution in [0, 0.1) is 0 Å². The van der Waals surface area contributed by atoms with E-state index in [2.05, 4.69) is 28.2 Å². The first kappa shape index (κ1) is 8.61. The van der Waals surface area contributed by atoms with Gasteiger partial charge in [-0.25, -0.2) is 9.97 Å². The Labute approximate surface area is 91.0 Å². The molecular weight excluding hydrogens is 206 g/mol. The minimum atomic E-state index is 1.02. The Balaban J connectivity index is 2.23. The van der Waals surface area contributed by atoms with Crippen molar-refractivity contribution in [2.45, 2.75) is 0 Å². The molecule has 15 heavy (non-hydrogen) atoms. The van der Waals surface area contributed by atoms with E-state index < -0.39 is 0 Å². The van der Waals surface area contributed by atoms with Crippen molar-refractivity contribution >= 4 is 22.4 Å². The maximum absolute atomic E-state index is 4.33. The third-order valence-electron chi connectivity index (χ3n) is 2.40. The molecule has 74 valence electrons. The first-order valence-electron chi connectivity index (χ1n) is 4.65. The smallest absolute Gasteiger partial charge is 0.123 e. The molecule has 0 atom stereocenters. The van der Waals surface area contributed by atoms with Gasteiger partial charge in [-0.2, -0.15) is 0 Å². The molecule has 3 aromatic rings. The summed E-state index contributed by atoms with van der Waals surface area (Å²) in [7, 11) is 2.00. The van der Waals surface area contributed by atoms with Crippen LogP contribution in [0.2, 0.25) is 0 Å². The van der Waals surface area contributed by atoms with Gasteiger partial charge in [-0.1, -0.05) is 0 Å². The fourth-order valence-corrected chi connectivity index (χ4v) is 2.27. The van der Waals surface area contributed by atoms with Crippen LogP contribution < -0.4 is 0 Å². The molecule has 2 aromatic heterocycles. The Morgan fingerprint density at radius 1 is 1.27 bits per heavy atom. The number of fused-ring (bicyclic) bond motifs is 1. The van der Waals surface area contributed by atoms with Crippen molar-refractivity contribution in [1.82, 2.24) is 14.5 Å². The lowest BCUT2D eigenvalue weighted by Crippen LogP contribution is -1.83. The Kier molecular flexibility index (Phi) is 1.82. The summed E-state index contributed by atoms with van der Waals surface area (Å²) in [6.07, 6.45) is 3.65. The number of hydrogen-bond donors (Lipinski definition) is 0. The number of rotatable bonds is 1. The lowest BCUT2D eigenvalue weighted by atomic mass is 10.2. The van der Waals surface area contributed by atoms with Crippen LogP contribution in [0.1, 0.15) is 0 Å². The minimum Gasteiger partial charge on any atom is -0.334 e. The van der Waals surface area contributed by atoms with E-state index in [1.807, 2.05) is 29.5 Å². The number of aryl methyl sites for hydroxylation is 1. The van der Waals surface area contributed by atoms with Crippen LogP contribution in [0.25, 0.3) is 21.6 Å². The summed E-state index contributed by atoms with van der Waals surface area (Å²) in [4.78, 5) is 8.61. The van der Waals surface area contributed by atoms with Crippen LogP contribution in [0.4, 0.5) is 0 Å². The maximum atomic E-state index is 4.33. The van der Waals surface area contributed by atoms with E-state index >= 15 is 0 Å². The van der Waals surface area contributed by atoms with E-state index in [4.69, 9.17) is 0 Å². The SMILES string of the molecule is Cn1cnc2cc(-c3nccs3)ccc21. The van der Waals surface area contributed by atoms with Crippen molar-refractivity contribution in [3.63, 3.8) is 0 Å². The molecular formula is C11H9N3S. The second kappa shape index (κ2) is 3.17. The molecule has 3 rings (SSSR count). The van der Waals surface area contributed by atoms with E-state index in [0.29, 0.717) is 0 Å². The number of benzene rings is 1. The predicted octanol–water partition coefficient (Wildman–Crippen LogP) is 2.70. The highest BCUT2D eigenvalue weighted by molar-refractivity contribution is 7.13. The molecule has 2 heterocycles. The topological polar surface area (TPSA) is 30.7 Å². The standard InChI is InChI=1S/C11H9N3S/c1-14-7-13-9-6-8(2-3-10(9)14)11-12-4-5-15-11/h2-7H,1H3. The van der Waals surface area contributed by atoms with Crippen molar-refractivity contribution in [1.29, 1.82) is 0 Å². The van der Waals surface area contributed by atoms with Crippen LogP contribution in [0.15, 0.2) is 36.1 Å². The Hall–Kier alpha value is -1.68. The molecule has 0 saturated heterocycles. The minimum absolute atomic E-state index is 1.02. The van der Waals surface area contributed by atoms with Gasteiger partial charge < -0.3 is 4.57 Å². The average Bonchev–Trinajstić information content (AvgIpc) is 2.88. The van der Waals surface area contributed by atoms with Gasteiger partial charge in [-0.05, 0) is 18.2 Å². The van der Waals surface area contributed by atoms with E-state index in [1.165, 1.54) is 0 Å². The number of aromatic nitrogens is 3. The fourth-order valence-electron chi connectivity index (χ4n) is 1.64. The highest BCUT2D eigenvalue weighted by atomic mass is 32.1. The van der Waals surface area contributed by atoms with Gasteiger partial charge in [-0.3, -0.25) is 0 Å². The number of nitrogens with zero attached hydrogens (tertiary/aromatic N) is 3. The quantitative estimate of drug-likeness (QED) is 0.625. The lowest BCUT2D eigenvalue weighted by molar-refractivity contribution is 0.948. The van der Waals surface area contributed by atoms with Crippen LogP contribution in [0.5, 0.6) is 0 Å². The molecule has 3 nitrogen and oxygen atoms in total. The normalized spacial score (nSPS) is 11.0. The van der Waals surface area contributed by atoms with Gasteiger partial charge in [0.15, 0.2) is 0 Å². The van der Waals surface area contributed by atoms with Gasteiger partial charge in [0.1, 0.15) is 5.01 Å². The molecule has 0 spiro atoms. The zero-order valence-electron chi connectivity index (χ0n) is 8.21. The zero-order chi connectivity index (χ0) is 10.3. The molecule has 0 fully saturated rings. The summed E-state index contributed by atoms with van der Waals surface area (Å²) in [5, 5.41) is 3.03. The summed E-state index contributed by atoms with van der Waals surface area (Å²) in [6, 6.07) is 6.25. The van der Waals surface area contributed by atoms with E-state index in [0.717, 1.165) is 21.6 Å². The Morgan fingerprint density at radius 3 is 3.00 bits per heavy atom. The summed E-state index contributed by atoms with van der Waals surface area (Å²) in [5.41, 5.74) is 3.30. The van der Waals surface area contributed by atoms with E-state index in [-0.39, 0.29) is 0 Å². The first-order valence-corrected chi connectivity index (χ1v) is 5.53. The van der Waals surface area contributed by atoms with Crippen LogP contribution in [-0.4, -0.2) is 14.5 Å². The summed E-state index contributed by atoms with van der Waals surface area (Å²) < 4.78 is 2.01. The van der Waals surface area contributed by atoms with Crippen molar-refractivity contribution < 1.29 is 0 Å². The largest absolute Gasteiger partial charge is 0.334 e. The van der Waals surface area contributed by atoms with Crippen molar-refractivity contribution in [2.75, 3.05) is 0 Å². The van der Waals surface area contributed by atoms with Crippen LogP contribution in [-0.2, 0) is 7.05 Å². The molecule has 0 saturated carbocycles. The lowest BCUT2D eigenvalue weighted by Gasteiger charge is -1.97. The third-order valence-corrected chi connectivity index (χ3v) is 3.23. The van der Waals surface area contributed by atoms with Crippen molar-refractivity contribution in [2.24, 2.45) is 7.05 Å². The molecule has 0 aliphatic rings. The van der Waals surface area contributed by atoms with Gasteiger partial charge in [0, 0.05) is 24.2 Å². The highest BCUT2D eigenvalue weighted by Gasteiger charge is 2.04. The monoisotopic (exact) mass is 215 g/mol. The van der Waals surface area contributed by atoms with Gasteiger partial charge in [0.05, 0.1) is 17.4 Å². The first-order chi connectivity index (χ1) is 7.34. The third kappa shape index (κ3) is 1.34. The molecule has 4 heteroatoms. The molecule has 1 aromatic carbocycles. The number of thiazole rings is 1.